The molecule has 1 aromatic heterocycles. The van der Waals surface area contributed by atoms with Crippen LogP contribution in [0.3, 0.4) is 0 Å². The molecule has 82 valence electrons. The molecule has 0 aliphatic carbocycles. The average molecular weight is 214 g/mol. The Kier molecular flexibility index (Phi) is 2.81. The third kappa shape index (κ3) is 2.34. The SMILES string of the molecule is Cc1nc(C)nc(Cc2ccccc2N)n1. The fourth-order valence-electron chi connectivity index (χ4n) is 1.63. The van der Waals surface area contributed by atoms with Crippen LogP contribution in [0, 0.1) is 13.8 Å². The van der Waals surface area contributed by atoms with E-state index in [-0.39, 0.29) is 0 Å². The van der Waals surface area contributed by atoms with Gasteiger partial charge in [0.1, 0.15) is 17.5 Å². The van der Waals surface area contributed by atoms with Gasteiger partial charge in [-0.05, 0) is 25.5 Å². The average Bonchev–Trinajstić information content (AvgIpc) is 2.20. The van der Waals surface area contributed by atoms with Gasteiger partial charge in [0.15, 0.2) is 0 Å². The van der Waals surface area contributed by atoms with Gasteiger partial charge in [0.2, 0.25) is 0 Å². The van der Waals surface area contributed by atoms with Crippen LogP contribution in [0.25, 0.3) is 0 Å². The van der Waals surface area contributed by atoms with Crippen LogP contribution < -0.4 is 5.73 Å². The molecule has 0 radical (unpaired) electrons. The highest BCUT2D eigenvalue weighted by atomic mass is 15.0. The maximum atomic E-state index is 5.87. The summed E-state index contributed by atoms with van der Waals surface area (Å²) in [5.41, 5.74) is 7.70. The number of aromatic nitrogens is 3. The van der Waals surface area contributed by atoms with Gasteiger partial charge < -0.3 is 5.73 Å². The minimum Gasteiger partial charge on any atom is -0.398 e. The number of hydrogen-bond acceptors (Lipinski definition) is 4. The highest BCUT2D eigenvalue weighted by molar-refractivity contribution is 5.47. The van der Waals surface area contributed by atoms with Gasteiger partial charge in [-0.25, -0.2) is 15.0 Å². The number of para-hydroxylation sites is 1. The van der Waals surface area contributed by atoms with Crippen molar-refractivity contribution in [3.63, 3.8) is 0 Å². The quantitative estimate of drug-likeness (QED) is 0.772. The third-order valence-corrected chi connectivity index (χ3v) is 2.31. The maximum Gasteiger partial charge on any atom is 0.137 e. The Morgan fingerprint density at radius 2 is 1.62 bits per heavy atom. The minimum atomic E-state index is 0.650. The van der Waals surface area contributed by atoms with Crippen molar-refractivity contribution in [1.82, 2.24) is 15.0 Å². The molecular weight excluding hydrogens is 200 g/mol. The molecule has 0 fully saturated rings. The molecule has 0 spiro atoms. The van der Waals surface area contributed by atoms with Crippen LogP contribution in [0.5, 0.6) is 0 Å². The van der Waals surface area contributed by atoms with E-state index < -0.39 is 0 Å². The van der Waals surface area contributed by atoms with Gasteiger partial charge in [0.05, 0.1) is 0 Å². The normalized spacial score (nSPS) is 10.4. The van der Waals surface area contributed by atoms with Crippen LogP contribution >= 0.6 is 0 Å². The van der Waals surface area contributed by atoms with E-state index in [4.69, 9.17) is 5.73 Å². The predicted octanol–water partition coefficient (Wildman–Crippen LogP) is 1.66. The van der Waals surface area contributed by atoms with E-state index in [1.807, 2.05) is 38.1 Å². The first-order chi connectivity index (χ1) is 7.65. The Morgan fingerprint density at radius 3 is 2.25 bits per heavy atom. The van der Waals surface area contributed by atoms with Crippen LogP contribution in [-0.4, -0.2) is 15.0 Å². The lowest BCUT2D eigenvalue weighted by Gasteiger charge is -2.05. The zero-order chi connectivity index (χ0) is 11.5. The molecule has 0 aliphatic rings. The molecule has 4 nitrogen and oxygen atoms in total. The molecule has 4 heteroatoms. The summed E-state index contributed by atoms with van der Waals surface area (Å²) in [7, 11) is 0. The molecule has 16 heavy (non-hydrogen) atoms. The van der Waals surface area contributed by atoms with Crippen molar-refractivity contribution >= 4 is 5.69 Å². The second-order valence-electron chi connectivity index (χ2n) is 3.72. The zero-order valence-corrected chi connectivity index (χ0v) is 9.44. The van der Waals surface area contributed by atoms with E-state index in [0.717, 1.165) is 28.7 Å². The summed E-state index contributed by atoms with van der Waals surface area (Å²) in [6.45, 7) is 3.74. The van der Waals surface area contributed by atoms with E-state index >= 15 is 0 Å². The molecule has 2 aromatic rings. The van der Waals surface area contributed by atoms with Crippen molar-refractivity contribution in [3.05, 3.63) is 47.3 Å². The smallest absolute Gasteiger partial charge is 0.137 e. The molecule has 0 saturated heterocycles. The fourth-order valence-corrected chi connectivity index (χ4v) is 1.63. The molecule has 1 heterocycles. The van der Waals surface area contributed by atoms with Gasteiger partial charge in [-0.2, -0.15) is 0 Å². The first kappa shape index (κ1) is 10.5. The van der Waals surface area contributed by atoms with Crippen molar-refractivity contribution in [2.45, 2.75) is 20.3 Å². The van der Waals surface area contributed by atoms with Gasteiger partial charge in [-0.3, -0.25) is 0 Å². The van der Waals surface area contributed by atoms with Crippen molar-refractivity contribution in [1.29, 1.82) is 0 Å². The number of nitrogens with two attached hydrogens (primary N) is 1. The van der Waals surface area contributed by atoms with Crippen LogP contribution in [0.15, 0.2) is 24.3 Å². The molecule has 0 aliphatic heterocycles. The van der Waals surface area contributed by atoms with Crippen LogP contribution in [0.2, 0.25) is 0 Å². The summed E-state index contributed by atoms with van der Waals surface area (Å²) in [6, 6.07) is 7.76. The largest absolute Gasteiger partial charge is 0.398 e. The van der Waals surface area contributed by atoms with E-state index in [0.29, 0.717) is 6.42 Å². The topological polar surface area (TPSA) is 64.7 Å². The Balaban J connectivity index is 2.30. The number of anilines is 1. The highest BCUT2D eigenvalue weighted by Crippen LogP contribution is 2.13. The lowest BCUT2D eigenvalue weighted by molar-refractivity contribution is 0.844. The molecule has 0 unspecified atom stereocenters. The maximum absolute atomic E-state index is 5.87. The van der Waals surface area contributed by atoms with Crippen molar-refractivity contribution in [2.24, 2.45) is 0 Å². The summed E-state index contributed by atoms with van der Waals surface area (Å²) >= 11 is 0. The predicted molar refractivity (Wildman–Crippen MR) is 63.0 cm³/mol. The minimum absolute atomic E-state index is 0.650. The monoisotopic (exact) mass is 214 g/mol. The van der Waals surface area contributed by atoms with E-state index in [9.17, 15) is 0 Å². The van der Waals surface area contributed by atoms with Crippen molar-refractivity contribution in [2.75, 3.05) is 5.73 Å². The molecule has 0 bridgehead atoms. The molecule has 0 atom stereocenters. The second-order valence-corrected chi connectivity index (χ2v) is 3.72. The zero-order valence-electron chi connectivity index (χ0n) is 9.44. The molecule has 1 aromatic carbocycles. The summed E-state index contributed by atoms with van der Waals surface area (Å²) < 4.78 is 0. The molecule has 0 amide bonds. The second kappa shape index (κ2) is 4.26. The number of benzene rings is 1. The Labute approximate surface area is 94.6 Å². The van der Waals surface area contributed by atoms with Crippen molar-refractivity contribution in [3.8, 4) is 0 Å². The summed E-state index contributed by atoms with van der Waals surface area (Å²) in [4.78, 5) is 12.7. The van der Waals surface area contributed by atoms with E-state index in [2.05, 4.69) is 15.0 Å². The Morgan fingerprint density at radius 1 is 1.00 bits per heavy atom. The fraction of sp³-hybridized carbons (Fsp3) is 0.250. The van der Waals surface area contributed by atoms with Crippen LogP contribution in [0.1, 0.15) is 23.0 Å². The molecule has 2 N–H and O–H groups in total. The van der Waals surface area contributed by atoms with Gasteiger partial charge >= 0.3 is 0 Å². The highest BCUT2D eigenvalue weighted by Gasteiger charge is 2.04. The summed E-state index contributed by atoms with van der Waals surface area (Å²) in [5.74, 6) is 2.26. The standard InChI is InChI=1S/C12H14N4/c1-8-14-9(2)16-12(15-8)7-10-5-3-4-6-11(10)13/h3-6H,7,13H2,1-2H3. The molecular formula is C12H14N4. The van der Waals surface area contributed by atoms with Gasteiger partial charge in [-0.15, -0.1) is 0 Å². The van der Waals surface area contributed by atoms with E-state index in [1.54, 1.807) is 0 Å². The summed E-state index contributed by atoms with van der Waals surface area (Å²) in [6.07, 6.45) is 0.650. The number of nitrogen functional groups attached to an aromatic ring is 1. The first-order valence-electron chi connectivity index (χ1n) is 5.16. The lowest BCUT2D eigenvalue weighted by atomic mass is 10.1. The van der Waals surface area contributed by atoms with Gasteiger partial charge in [0.25, 0.3) is 0 Å². The van der Waals surface area contributed by atoms with Crippen molar-refractivity contribution < 1.29 is 0 Å². The molecule has 2 rings (SSSR count). The Hall–Kier alpha value is -1.97. The first-order valence-corrected chi connectivity index (χ1v) is 5.16. The van der Waals surface area contributed by atoms with Gasteiger partial charge in [-0.1, -0.05) is 18.2 Å². The number of hydrogen-bond donors (Lipinski definition) is 1. The lowest BCUT2D eigenvalue weighted by Crippen LogP contribution is -2.04. The molecule has 0 saturated carbocycles. The third-order valence-electron chi connectivity index (χ3n) is 2.31. The van der Waals surface area contributed by atoms with E-state index in [1.165, 1.54) is 0 Å². The number of aryl methyl sites for hydroxylation is 2. The van der Waals surface area contributed by atoms with Crippen LogP contribution in [-0.2, 0) is 6.42 Å². The Bertz CT molecular complexity index is 488. The van der Waals surface area contributed by atoms with Crippen LogP contribution in [0.4, 0.5) is 5.69 Å². The number of nitrogens with zero attached hydrogens (tertiary/aromatic N) is 3. The number of rotatable bonds is 2. The summed E-state index contributed by atoms with van der Waals surface area (Å²) in [5, 5.41) is 0. The van der Waals surface area contributed by atoms with Gasteiger partial charge in [0, 0.05) is 12.1 Å².